The highest BCUT2D eigenvalue weighted by Crippen LogP contribution is 2.24. The van der Waals surface area contributed by atoms with E-state index in [4.69, 9.17) is 9.47 Å². The molecule has 7 nitrogen and oxygen atoms in total. The number of rotatable bonds is 6. The molecule has 0 aliphatic heterocycles. The molecular formula is C29H30N2O5. The van der Waals surface area contributed by atoms with Crippen LogP contribution in [0.15, 0.2) is 72.9 Å². The molecule has 3 aromatic carbocycles. The molecule has 1 heterocycles. The Kier molecular flexibility index (Phi) is 7.10. The summed E-state index contributed by atoms with van der Waals surface area (Å²) in [4.78, 5) is 38.3. The average Bonchev–Trinajstić information content (AvgIpc) is 3.20. The molecule has 0 bridgehead atoms. The Morgan fingerprint density at radius 2 is 1.64 bits per heavy atom. The molecule has 0 spiro atoms. The number of carbonyl (C=O) groups excluding carboxylic acids is 3. The van der Waals surface area contributed by atoms with Crippen molar-refractivity contribution in [2.45, 2.75) is 45.3 Å². The van der Waals surface area contributed by atoms with Crippen LogP contribution in [0.25, 0.3) is 21.7 Å². The van der Waals surface area contributed by atoms with Gasteiger partial charge in [-0.15, -0.1) is 0 Å². The lowest BCUT2D eigenvalue weighted by Gasteiger charge is -2.19. The van der Waals surface area contributed by atoms with E-state index in [0.717, 1.165) is 27.3 Å². The second-order valence-corrected chi connectivity index (χ2v) is 9.73. The van der Waals surface area contributed by atoms with E-state index >= 15 is 0 Å². The van der Waals surface area contributed by atoms with Crippen LogP contribution in [0.1, 0.15) is 31.9 Å². The van der Waals surface area contributed by atoms with E-state index in [1.165, 1.54) is 11.7 Å². The Labute approximate surface area is 210 Å². The number of nitrogens with one attached hydrogen (secondary N) is 1. The lowest BCUT2D eigenvalue weighted by atomic mass is 10.0. The zero-order valence-corrected chi connectivity index (χ0v) is 20.9. The summed E-state index contributed by atoms with van der Waals surface area (Å²) in [5, 5.41) is 5.74. The molecular weight excluding hydrogens is 456 g/mol. The van der Waals surface area contributed by atoms with Crippen molar-refractivity contribution < 1.29 is 23.9 Å². The number of ether oxygens (including phenoxy) is 2. The number of hydrogen-bond donors (Lipinski definition) is 1. The Bertz CT molecular complexity index is 1430. The first-order chi connectivity index (χ1) is 17.1. The van der Waals surface area contributed by atoms with E-state index in [9.17, 15) is 14.4 Å². The van der Waals surface area contributed by atoms with Crippen molar-refractivity contribution >= 4 is 39.6 Å². The van der Waals surface area contributed by atoms with Gasteiger partial charge >= 0.3 is 12.1 Å². The summed E-state index contributed by atoms with van der Waals surface area (Å²) in [5.41, 5.74) is 1.57. The van der Waals surface area contributed by atoms with Crippen LogP contribution < -0.4 is 5.32 Å². The van der Waals surface area contributed by atoms with Crippen LogP contribution in [-0.4, -0.2) is 41.3 Å². The number of aromatic nitrogens is 1. The number of para-hydroxylation sites is 1. The minimum absolute atomic E-state index is 0.123. The van der Waals surface area contributed by atoms with Crippen molar-refractivity contribution in [2.75, 3.05) is 7.11 Å². The third-order valence-corrected chi connectivity index (χ3v) is 5.81. The predicted octanol–water partition coefficient (Wildman–Crippen LogP) is 5.02. The summed E-state index contributed by atoms with van der Waals surface area (Å²) in [5.74, 6) is -0.854. The van der Waals surface area contributed by atoms with Gasteiger partial charge in [-0.1, -0.05) is 60.7 Å². The maximum absolute atomic E-state index is 12.9. The largest absolute Gasteiger partial charge is 0.467 e. The third-order valence-electron chi connectivity index (χ3n) is 5.81. The highest BCUT2D eigenvalue weighted by atomic mass is 16.6. The Morgan fingerprint density at radius 3 is 2.36 bits per heavy atom. The van der Waals surface area contributed by atoms with Gasteiger partial charge in [-0.3, -0.25) is 9.36 Å². The Morgan fingerprint density at radius 1 is 0.944 bits per heavy atom. The maximum Gasteiger partial charge on any atom is 0.419 e. The molecule has 0 radical (unpaired) electrons. The fourth-order valence-corrected chi connectivity index (χ4v) is 4.21. The van der Waals surface area contributed by atoms with Gasteiger partial charge in [0.15, 0.2) is 0 Å². The van der Waals surface area contributed by atoms with Crippen LogP contribution >= 0.6 is 0 Å². The third kappa shape index (κ3) is 5.74. The van der Waals surface area contributed by atoms with Crippen molar-refractivity contribution in [3.63, 3.8) is 0 Å². The van der Waals surface area contributed by atoms with Crippen LogP contribution in [0.5, 0.6) is 0 Å². The topological polar surface area (TPSA) is 86.6 Å². The van der Waals surface area contributed by atoms with E-state index in [0.29, 0.717) is 5.52 Å². The van der Waals surface area contributed by atoms with Gasteiger partial charge in [0.1, 0.15) is 11.6 Å². The lowest BCUT2D eigenvalue weighted by molar-refractivity contribution is -0.145. The summed E-state index contributed by atoms with van der Waals surface area (Å²) >= 11 is 0. The van der Waals surface area contributed by atoms with Crippen LogP contribution in [0.4, 0.5) is 4.79 Å². The molecule has 7 heteroatoms. The summed E-state index contributed by atoms with van der Waals surface area (Å²) in [6.45, 7) is 5.40. The van der Waals surface area contributed by atoms with E-state index in [2.05, 4.69) is 5.32 Å². The Hall–Kier alpha value is -4.13. The summed E-state index contributed by atoms with van der Waals surface area (Å²) in [6, 6.07) is 20.2. The van der Waals surface area contributed by atoms with Gasteiger partial charge < -0.3 is 14.8 Å². The van der Waals surface area contributed by atoms with Crippen LogP contribution in [0, 0.1) is 0 Å². The smallest absolute Gasteiger partial charge is 0.419 e. The van der Waals surface area contributed by atoms with Gasteiger partial charge in [-0.05, 0) is 48.7 Å². The molecule has 0 unspecified atom stereocenters. The van der Waals surface area contributed by atoms with Crippen molar-refractivity contribution in [2.24, 2.45) is 0 Å². The van der Waals surface area contributed by atoms with Crippen molar-refractivity contribution in [1.82, 2.24) is 9.88 Å². The first-order valence-electron chi connectivity index (χ1n) is 11.8. The lowest BCUT2D eigenvalue weighted by Crippen LogP contribution is -2.43. The molecule has 0 fully saturated rings. The molecule has 36 heavy (non-hydrogen) atoms. The number of benzene rings is 3. The monoisotopic (exact) mass is 486 g/mol. The summed E-state index contributed by atoms with van der Waals surface area (Å²) in [6.07, 6.45) is 1.43. The molecule has 1 N–H and O–H groups in total. The van der Waals surface area contributed by atoms with Gasteiger partial charge in [0, 0.05) is 18.0 Å². The molecule has 1 amide bonds. The number of fused-ring (bicyclic) bond motifs is 2. The molecule has 1 aromatic heterocycles. The zero-order chi connectivity index (χ0) is 25.9. The standard InChI is InChI=1S/C29H30N2O5/c1-29(2,3)36-28(34)31-18-22(23-11-7-8-12-25(23)31)17-24(27(33)35-4)30-26(32)16-19-13-14-20-9-5-6-10-21(20)15-19/h5-15,18,24H,16-17H2,1-4H3,(H,30,32)/t24-/m0/s1. The minimum atomic E-state index is -0.916. The minimum Gasteiger partial charge on any atom is -0.467 e. The highest BCUT2D eigenvalue weighted by Gasteiger charge is 2.26. The number of amides is 1. The molecule has 4 aromatic rings. The normalized spacial score (nSPS) is 12.3. The van der Waals surface area contributed by atoms with E-state index in [1.807, 2.05) is 66.7 Å². The molecule has 0 saturated heterocycles. The van der Waals surface area contributed by atoms with Crippen molar-refractivity contribution in [1.29, 1.82) is 0 Å². The number of hydrogen-bond acceptors (Lipinski definition) is 5. The van der Waals surface area contributed by atoms with Crippen molar-refractivity contribution in [3.05, 3.63) is 84.1 Å². The number of esters is 1. The number of methoxy groups -OCH3 is 1. The van der Waals surface area contributed by atoms with Gasteiger partial charge in [-0.2, -0.15) is 0 Å². The number of nitrogens with zero attached hydrogens (tertiary/aromatic N) is 1. The number of carbonyl (C=O) groups is 3. The SMILES string of the molecule is COC(=O)[C@H](Cc1cn(C(=O)OC(C)(C)C)c2ccccc12)NC(=O)Cc1ccc2ccccc2c1. The molecule has 0 saturated carbocycles. The molecule has 1 atom stereocenters. The van der Waals surface area contributed by atoms with Crippen LogP contribution in [-0.2, 0) is 31.9 Å². The van der Waals surface area contributed by atoms with E-state index in [-0.39, 0.29) is 18.7 Å². The second-order valence-electron chi connectivity index (χ2n) is 9.73. The van der Waals surface area contributed by atoms with E-state index in [1.54, 1.807) is 27.0 Å². The molecule has 0 aliphatic rings. The van der Waals surface area contributed by atoms with Gasteiger partial charge in [0.2, 0.25) is 5.91 Å². The fraction of sp³-hybridized carbons (Fsp3) is 0.276. The van der Waals surface area contributed by atoms with Gasteiger partial charge in [-0.25, -0.2) is 9.59 Å². The first-order valence-corrected chi connectivity index (χ1v) is 11.8. The predicted molar refractivity (Wildman–Crippen MR) is 139 cm³/mol. The van der Waals surface area contributed by atoms with Gasteiger partial charge in [0.05, 0.1) is 19.0 Å². The van der Waals surface area contributed by atoms with E-state index < -0.39 is 23.7 Å². The first kappa shape index (κ1) is 25.0. The molecule has 186 valence electrons. The maximum atomic E-state index is 12.9. The van der Waals surface area contributed by atoms with Crippen LogP contribution in [0.3, 0.4) is 0 Å². The fourth-order valence-electron chi connectivity index (χ4n) is 4.21. The summed E-state index contributed by atoms with van der Waals surface area (Å²) in [7, 11) is 1.29. The summed E-state index contributed by atoms with van der Waals surface area (Å²) < 4.78 is 11.9. The van der Waals surface area contributed by atoms with Gasteiger partial charge in [0.25, 0.3) is 0 Å². The van der Waals surface area contributed by atoms with Crippen molar-refractivity contribution in [3.8, 4) is 0 Å². The molecule has 0 aliphatic carbocycles. The second kappa shape index (κ2) is 10.2. The molecule has 4 rings (SSSR count). The average molecular weight is 487 g/mol. The zero-order valence-electron chi connectivity index (χ0n) is 20.9. The highest BCUT2D eigenvalue weighted by molar-refractivity contribution is 5.93. The van der Waals surface area contributed by atoms with Crippen LogP contribution in [0.2, 0.25) is 0 Å². The quantitative estimate of drug-likeness (QED) is 0.387. The Balaban J connectivity index is 1.56.